The first kappa shape index (κ1) is 23.8. The van der Waals surface area contributed by atoms with Gasteiger partial charge < -0.3 is 5.73 Å². The number of rotatable bonds is 2. The molecule has 2 N–H and O–H groups in total. The highest BCUT2D eigenvalue weighted by atomic mass is 14.4. The van der Waals surface area contributed by atoms with Crippen molar-refractivity contribution >= 4 is 0 Å². The second-order valence-corrected chi connectivity index (χ2v) is 2.03. The summed E-state index contributed by atoms with van der Waals surface area (Å²) in [6, 6.07) is 0. The molecule has 0 aromatic heterocycles. The molecule has 0 radical (unpaired) electrons. The molecule has 0 atom stereocenters. The van der Waals surface area contributed by atoms with Crippen LogP contribution in [-0.4, -0.2) is 7.05 Å². The van der Waals surface area contributed by atoms with Crippen LogP contribution in [0, 0.1) is 0 Å². The van der Waals surface area contributed by atoms with E-state index >= 15 is 0 Å². The number of allylic oxidation sites excluding steroid dienone is 6. The predicted octanol–water partition coefficient (Wildman–Crippen LogP) is 4.71. The maximum Gasteiger partial charge on any atom is -0.0195 e. The van der Waals surface area contributed by atoms with E-state index in [1.807, 2.05) is 58.9 Å². The van der Waals surface area contributed by atoms with Crippen LogP contribution in [0.15, 0.2) is 36.5 Å². The summed E-state index contributed by atoms with van der Waals surface area (Å²) in [5.74, 6) is 0. The van der Waals surface area contributed by atoms with Crippen LogP contribution in [0.4, 0.5) is 0 Å². The third kappa shape index (κ3) is 94.3. The molecule has 0 rings (SSSR count). The summed E-state index contributed by atoms with van der Waals surface area (Å²) < 4.78 is 0. The first-order chi connectivity index (χ1) is 7.33. The molecule has 0 aliphatic heterocycles. The van der Waals surface area contributed by atoms with Gasteiger partial charge in [0.05, 0.1) is 0 Å². The summed E-state index contributed by atoms with van der Waals surface area (Å²) in [7, 11) is 1.50. The minimum Gasteiger partial charge on any atom is -0.333 e. The van der Waals surface area contributed by atoms with Crippen LogP contribution in [0.3, 0.4) is 0 Å². The van der Waals surface area contributed by atoms with Crippen LogP contribution >= 0.6 is 0 Å². The van der Waals surface area contributed by atoms with Crippen molar-refractivity contribution in [2.24, 2.45) is 5.73 Å². The molecule has 92 valence electrons. The number of nitrogens with two attached hydrogens (primary N) is 1. The van der Waals surface area contributed by atoms with Gasteiger partial charge in [-0.1, -0.05) is 57.2 Å². The Balaban J connectivity index is -0.0000000610. The molecule has 0 amide bonds. The number of hydrogen-bond donors (Lipinski definition) is 1. The summed E-state index contributed by atoms with van der Waals surface area (Å²) in [4.78, 5) is 0. The summed E-state index contributed by atoms with van der Waals surface area (Å²) in [6.45, 7) is 12.2. The minimum atomic E-state index is 1.16. The van der Waals surface area contributed by atoms with E-state index < -0.39 is 0 Å². The van der Waals surface area contributed by atoms with E-state index in [0.717, 1.165) is 6.42 Å². The predicted molar refractivity (Wildman–Crippen MR) is 76.2 cm³/mol. The Hall–Kier alpha value is -0.820. The van der Waals surface area contributed by atoms with E-state index in [9.17, 15) is 0 Å². The Labute approximate surface area is 97.8 Å². The zero-order chi connectivity index (χ0) is 12.9. The van der Waals surface area contributed by atoms with Gasteiger partial charge in [-0.25, -0.2) is 0 Å². The van der Waals surface area contributed by atoms with Crippen LogP contribution in [0.25, 0.3) is 0 Å². The molecule has 1 nitrogen and oxygen atoms in total. The highest BCUT2D eigenvalue weighted by Crippen LogP contribution is 1.73. The molecule has 0 saturated heterocycles. The van der Waals surface area contributed by atoms with E-state index in [1.165, 1.54) is 7.05 Å². The molecule has 1 heteroatoms. The normalized spacial score (nSPS) is 8.80. The average molecular weight is 213 g/mol. The quantitative estimate of drug-likeness (QED) is 0.521. The topological polar surface area (TPSA) is 26.0 Å². The molecule has 0 aromatic carbocycles. The van der Waals surface area contributed by atoms with Crippen molar-refractivity contribution in [3.8, 4) is 0 Å². The lowest BCUT2D eigenvalue weighted by atomic mass is 10.4. The van der Waals surface area contributed by atoms with Gasteiger partial charge in [0, 0.05) is 0 Å². The van der Waals surface area contributed by atoms with Gasteiger partial charge in [0.2, 0.25) is 0 Å². The molecule has 0 unspecified atom stereocenters. The molecule has 15 heavy (non-hydrogen) atoms. The van der Waals surface area contributed by atoms with E-state index in [1.54, 1.807) is 0 Å². The van der Waals surface area contributed by atoms with Crippen LogP contribution in [-0.2, 0) is 0 Å². The SMILES string of the molecule is C/C=C/C=C/C.CC.CC=CCC.CN. The summed E-state index contributed by atoms with van der Waals surface area (Å²) >= 11 is 0. The largest absolute Gasteiger partial charge is 0.333 e. The molecule has 0 heterocycles. The maximum absolute atomic E-state index is 4.50. The fraction of sp³-hybridized carbons (Fsp3) is 0.571. The molecule has 0 saturated carbocycles. The van der Waals surface area contributed by atoms with Gasteiger partial charge in [-0.2, -0.15) is 0 Å². The standard InChI is InChI=1S/C6H10.C5H10.C2H6.CH5N/c1-3-5-6-4-2;1-3-5-4-2;2*1-2/h3-6H,1-2H3;3,5H,4H2,1-2H3;1-2H3;2H2,1H3/b5-3+,6-4+;;;. The Morgan fingerprint density at radius 3 is 1.20 bits per heavy atom. The lowest BCUT2D eigenvalue weighted by Crippen LogP contribution is -1.69. The van der Waals surface area contributed by atoms with E-state index in [2.05, 4.69) is 24.8 Å². The van der Waals surface area contributed by atoms with Gasteiger partial charge in [0.25, 0.3) is 0 Å². The third-order valence-electron chi connectivity index (χ3n) is 0.967. The van der Waals surface area contributed by atoms with Crippen molar-refractivity contribution < 1.29 is 0 Å². The average Bonchev–Trinajstić information content (AvgIpc) is 2.33. The molecule has 0 spiro atoms. The van der Waals surface area contributed by atoms with E-state index in [-0.39, 0.29) is 0 Å². The second kappa shape index (κ2) is 51.2. The Morgan fingerprint density at radius 2 is 1.13 bits per heavy atom. The molecule has 0 aromatic rings. The Morgan fingerprint density at radius 1 is 0.800 bits per heavy atom. The highest BCUT2D eigenvalue weighted by Gasteiger charge is 1.52. The van der Waals surface area contributed by atoms with Crippen LogP contribution in [0.5, 0.6) is 0 Å². The summed E-state index contributed by atoms with van der Waals surface area (Å²) in [5.41, 5.74) is 4.50. The lowest BCUT2D eigenvalue weighted by molar-refractivity contribution is 1.22. The maximum atomic E-state index is 4.50. The fourth-order valence-electron chi connectivity index (χ4n) is 0.458. The molecule has 0 fully saturated rings. The van der Waals surface area contributed by atoms with Crippen LogP contribution in [0.2, 0.25) is 0 Å². The first-order valence-corrected chi connectivity index (χ1v) is 5.76. The van der Waals surface area contributed by atoms with Crippen molar-refractivity contribution in [3.05, 3.63) is 36.5 Å². The summed E-state index contributed by atoms with van der Waals surface area (Å²) in [6.07, 6.45) is 13.3. The second-order valence-electron chi connectivity index (χ2n) is 2.03. The van der Waals surface area contributed by atoms with Gasteiger partial charge in [0.15, 0.2) is 0 Å². The van der Waals surface area contributed by atoms with Crippen molar-refractivity contribution in [1.29, 1.82) is 0 Å². The zero-order valence-corrected chi connectivity index (χ0v) is 11.7. The van der Waals surface area contributed by atoms with Crippen LogP contribution < -0.4 is 5.73 Å². The third-order valence-corrected chi connectivity index (χ3v) is 0.967. The van der Waals surface area contributed by atoms with E-state index in [4.69, 9.17) is 0 Å². The summed E-state index contributed by atoms with van der Waals surface area (Å²) in [5, 5.41) is 0. The Kier molecular flexibility index (Phi) is 81.1. The van der Waals surface area contributed by atoms with E-state index in [0.29, 0.717) is 0 Å². The van der Waals surface area contributed by atoms with Gasteiger partial charge in [0.1, 0.15) is 0 Å². The van der Waals surface area contributed by atoms with Crippen molar-refractivity contribution in [2.75, 3.05) is 7.05 Å². The van der Waals surface area contributed by atoms with Gasteiger partial charge >= 0.3 is 0 Å². The molecular weight excluding hydrogens is 182 g/mol. The number of hydrogen-bond acceptors (Lipinski definition) is 1. The van der Waals surface area contributed by atoms with Crippen molar-refractivity contribution in [2.45, 2.75) is 48.0 Å². The van der Waals surface area contributed by atoms with Gasteiger partial charge in [-0.05, 0) is 34.2 Å². The molecular formula is C14H31N. The highest BCUT2D eigenvalue weighted by molar-refractivity contribution is 4.98. The smallest absolute Gasteiger partial charge is 0.0195 e. The lowest BCUT2D eigenvalue weighted by Gasteiger charge is -1.65. The zero-order valence-electron chi connectivity index (χ0n) is 11.7. The first-order valence-electron chi connectivity index (χ1n) is 5.76. The monoisotopic (exact) mass is 213 g/mol. The minimum absolute atomic E-state index is 1.16. The van der Waals surface area contributed by atoms with Crippen molar-refractivity contribution in [3.63, 3.8) is 0 Å². The van der Waals surface area contributed by atoms with Crippen LogP contribution in [0.1, 0.15) is 48.0 Å². The molecule has 0 bridgehead atoms. The molecule has 0 aliphatic carbocycles. The molecule has 0 aliphatic rings. The Bertz CT molecular complexity index is 111. The fourth-order valence-corrected chi connectivity index (χ4v) is 0.458. The van der Waals surface area contributed by atoms with Gasteiger partial charge in [-0.15, -0.1) is 0 Å². The van der Waals surface area contributed by atoms with Crippen molar-refractivity contribution in [1.82, 2.24) is 0 Å². The van der Waals surface area contributed by atoms with Gasteiger partial charge in [-0.3, -0.25) is 0 Å².